The fourth-order valence-corrected chi connectivity index (χ4v) is 2.80. The molecular weight excluding hydrogens is 224 g/mol. The Balaban J connectivity index is 2.10. The zero-order valence-electron chi connectivity index (χ0n) is 9.58. The molecule has 1 saturated heterocycles. The molecule has 0 aromatic heterocycles. The highest BCUT2D eigenvalue weighted by atomic mass is 16.4. The van der Waals surface area contributed by atoms with Crippen LogP contribution in [0.15, 0.2) is 0 Å². The molecule has 0 spiro atoms. The lowest BCUT2D eigenvalue weighted by Crippen LogP contribution is -2.46. The zero-order valence-corrected chi connectivity index (χ0v) is 9.58. The van der Waals surface area contributed by atoms with Gasteiger partial charge in [0.05, 0.1) is 12.0 Å². The van der Waals surface area contributed by atoms with Gasteiger partial charge in [-0.1, -0.05) is 6.42 Å². The number of aliphatic hydroxyl groups excluding tert-OH is 1. The molecule has 6 nitrogen and oxygen atoms in total. The van der Waals surface area contributed by atoms with Gasteiger partial charge in [-0.2, -0.15) is 0 Å². The van der Waals surface area contributed by atoms with Crippen LogP contribution in [0.2, 0.25) is 0 Å². The van der Waals surface area contributed by atoms with Crippen LogP contribution in [0.1, 0.15) is 25.7 Å². The molecule has 0 aromatic rings. The van der Waals surface area contributed by atoms with Crippen LogP contribution in [0.25, 0.3) is 0 Å². The van der Waals surface area contributed by atoms with Crippen LogP contribution in [0.3, 0.4) is 0 Å². The van der Waals surface area contributed by atoms with Crippen molar-refractivity contribution in [1.29, 1.82) is 0 Å². The summed E-state index contributed by atoms with van der Waals surface area (Å²) in [7, 11) is 0. The quantitative estimate of drug-likeness (QED) is 0.585. The van der Waals surface area contributed by atoms with E-state index >= 15 is 0 Å². The molecule has 0 aromatic carbocycles. The van der Waals surface area contributed by atoms with Gasteiger partial charge in [0.25, 0.3) is 0 Å². The summed E-state index contributed by atoms with van der Waals surface area (Å²) in [5.74, 6) is -1.54. The Morgan fingerprint density at radius 2 is 2.00 bits per heavy atom. The number of nitrogens with zero attached hydrogens (tertiary/aromatic N) is 1. The number of likely N-dealkylation sites (tertiary alicyclic amines) is 1. The second-order valence-electron chi connectivity index (χ2n) is 4.94. The molecule has 1 heterocycles. The second-order valence-corrected chi connectivity index (χ2v) is 4.94. The van der Waals surface area contributed by atoms with Crippen molar-refractivity contribution in [3.8, 4) is 0 Å². The van der Waals surface area contributed by atoms with Crippen LogP contribution in [0.5, 0.6) is 0 Å². The van der Waals surface area contributed by atoms with Gasteiger partial charge in [-0.15, -0.1) is 0 Å². The normalized spacial score (nSPS) is 37.4. The number of nitrogens with two attached hydrogens (primary N) is 1. The smallest absolute Gasteiger partial charge is 0.326 e. The van der Waals surface area contributed by atoms with Crippen molar-refractivity contribution in [2.75, 3.05) is 6.54 Å². The van der Waals surface area contributed by atoms with Crippen LogP contribution >= 0.6 is 0 Å². The van der Waals surface area contributed by atoms with Crippen LogP contribution in [0, 0.1) is 5.92 Å². The SMILES string of the molecule is NC1CCCC1C(=O)N1C[C@H](O)C[C@H]1C(=O)O. The van der Waals surface area contributed by atoms with E-state index in [-0.39, 0.29) is 30.8 Å². The highest BCUT2D eigenvalue weighted by Gasteiger charge is 2.43. The average Bonchev–Trinajstić information content (AvgIpc) is 2.83. The largest absolute Gasteiger partial charge is 0.480 e. The van der Waals surface area contributed by atoms with Gasteiger partial charge in [-0.3, -0.25) is 4.79 Å². The maximum atomic E-state index is 12.2. The summed E-state index contributed by atoms with van der Waals surface area (Å²) in [6, 6.07) is -1.07. The van der Waals surface area contributed by atoms with E-state index in [9.17, 15) is 14.7 Å². The van der Waals surface area contributed by atoms with Crippen molar-refractivity contribution in [1.82, 2.24) is 4.90 Å². The number of carbonyl (C=O) groups is 2. The molecule has 1 aliphatic heterocycles. The first-order chi connectivity index (χ1) is 8.00. The lowest BCUT2D eigenvalue weighted by molar-refractivity contribution is -0.150. The van der Waals surface area contributed by atoms with E-state index in [1.54, 1.807) is 0 Å². The van der Waals surface area contributed by atoms with Gasteiger partial charge >= 0.3 is 5.97 Å². The van der Waals surface area contributed by atoms with Crippen LogP contribution in [0.4, 0.5) is 0 Å². The number of carboxylic acids is 1. The molecule has 2 aliphatic rings. The molecule has 1 aliphatic carbocycles. The number of carboxylic acid groups (broad SMARTS) is 1. The number of β-amino-alcohol motifs (C(OH)–C–C–N with tert-alkyl or cyclic N) is 1. The Labute approximate surface area is 99.4 Å². The van der Waals surface area contributed by atoms with Gasteiger partial charge in [0.15, 0.2) is 0 Å². The van der Waals surface area contributed by atoms with Crippen molar-refractivity contribution < 1.29 is 19.8 Å². The Kier molecular flexibility index (Phi) is 3.35. The summed E-state index contributed by atoms with van der Waals surface area (Å²) in [6.45, 7) is 0.110. The van der Waals surface area contributed by atoms with E-state index in [0.29, 0.717) is 0 Å². The van der Waals surface area contributed by atoms with E-state index < -0.39 is 18.1 Å². The highest BCUT2D eigenvalue weighted by Crippen LogP contribution is 2.29. The molecule has 1 amide bonds. The molecule has 0 radical (unpaired) electrons. The summed E-state index contributed by atoms with van der Waals surface area (Å²) in [4.78, 5) is 24.5. The average molecular weight is 242 g/mol. The van der Waals surface area contributed by atoms with Gasteiger partial charge in [0.2, 0.25) is 5.91 Å². The van der Waals surface area contributed by atoms with Gasteiger partial charge in [0.1, 0.15) is 6.04 Å². The van der Waals surface area contributed by atoms with Crippen LogP contribution < -0.4 is 5.73 Å². The minimum atomic E-state index is -1.05. The van der Waals surface area contributed by atoms with Gasteiger partial charge in [-0.05, 0) is 12.8 Å². The number of amides is 1. The maximum absolute atomic E-state index is 12.2. The van der Waals surface area contributed by atoms with E-state index in [2.05, 4.69) is 0 Å². The lowest BCUT2D eigenvalue weighted by atomic mass is 10.0. The summed E-state index contributed by atoms with van der Waals surface area (Å²) in [6.07, 6.45) is 1.82. The van der Waals surface area contributed by atoms with E-state index in [4.69, 9.17) is 10.8 Å². The molecule has 6 heteroatoms. The fourth-order valence-electron chi connectivity index (χ4n) is 2.80. The van der Waals surface area contributed by atoms with Gasteiger partial charge in [0, 0.05) is 19.0 Å². The van der Waals surface area contributed by atoms with E-state index in [0.717, 1.165) is 19.3 Å². The van der Waals surface area contributed by atoms with Crippen LogP contribution in [-0.2, 0) is 9.59 Å². The summed E-state index contributed by atoms with van der Waals surface area (Å²) in [5.41, 5.74) is 5.85. The summed E-state index contributed by atoms with van der Waals surface area (Å²) in [5, 5.41) is 18.5. The van der Waals surface area contributed by atoms with Crippen molar-refractivity contribution in [2.45, 2.75) is 43.9 Å². The Hall–Kier alpha value is -1.14. The Morgan fingerprint density at radius 3 is 2.53 bits per heavy atom. The molecule has 4 N–H and O–H groups in total. The maximum Gasteiger partial charge on any atom is 0.326 e. The molecule has 2 rings (SSSR count). The van der Waals surface area contributed by atoms with Crippen molar-refractivity contribution >= 4 is 11.9 Å². The van der Waals surface area contributed by atoms with Crippen molar-refractivity contribution in [3.63, 3.8) is 0 Å². The Morgan fingerprint density at radius 1 is 1.29 bits per heavy atom. The molecule has 0 bridgehead atoms. The predicted octanol–water partition coefficient (Wildman–Crippen LogP) is -0.840. The number of hydrogen-bond acceptors (Lipinski definition) is 4. The van der Waals surface area contributed by atoms with Crippen LogP contribution in [-0.4, -0.2) is 51.7 Å². The first kappa shape index (κ1) is 12.3. The molecule has 2 unspecified atom stereocenters. The lowest BCUT2D eigenvalue weighted by Gasteiger charge is -2.26. The van der Waals surface area contributed by atoms with Crippen molar-refractivity contribution in [3.05, 3.63) is 0 Å². The monoisotopic (exact) mass is 242 g/mol. The number of rotatable bonds is 2. The summed E-state index contributed by atoms with van der Waals surface area (Å²) < 4.78 is 0. The number of hydrogen-bond donors (Lipinski definition) is 3. The Bertz CT molecular complexity index is 333. The van der Waals surface area contributed by atoms with Crippen molar-refractivity contribution in [2.24, 2.45) is 11.7 Å². The highest BCUT2D eigenvalue weighted by molar-refractivity contribution is 5.86. The van der Waals surface area contributed by atoms with E-state index in [1.807, 2.05) is 0 Å². The molecule has 1 saturated carbocycles. The van der Waals surface area contributed by atoms with E-state index in [1.165, 1.54) is 4.90 Å². The minimum Gasteiger partial charge on any atom is -0.480 e. The second kappa shape index (κ2) is 4.62. The number of aliphatic carboxylic acids is 1. The van der Waals surface area contributed by atoms with Gasteiger partial charge < -0.3 is 20.8 Å². The third-order valence-corrected chi connectivity index (χ3v) is 3.73. The first-order valence-electron chi connectivity index (χ1n) is 5.97. The third kappa shape index (κ3) is 2.28. The number of aliphatic hydroxyl groups is 1. The minimum absolute atomic E-state index is 0.110. The zero-order chi connectivity index (χ0) is 12.6. The molecular formula is C11H18N2O4. The van der Waals surface area contributed by atoms with Gasteiger partial charge in [-0.25, -0.2) is 4.79 Å². The third-order valence-electron chi connectivity index (χ3n) is 3.73. The fraction of sp³-hybridized carbons (Fsp3) is 0.818. The number of carbonyl (C=O) groups excluding carboxylic acids is 1. The molecule has 17 heavy (non-hydrogen) atoms. The molecule has 4 atom stereocenters. The topological polar surface area (TPSA) is 104 Å². The predicted molar refractivity (Wildman–Crippen MR) is 59.1 cm³/mol. The first-order valence-corrected chi connectivity index (χ1v) is 5.97. The molecule has 96 valence electrons. The summed E-state index contributed by atoms with van der Waals surface area (Å²) >= 11 is 0. The standard InChI is InChI=1S/C11H18N2O4/c12-8-3-1-2-7(8)10(15)13-5-6(14)4-9(13)11(16)17/h6-9,14H,1-5,12H2,(H,16,17)/t6-,7?,8?,9+/m1/s1. The molecule has 2 fully saturated rings.